The Morgan fingerprint density at radius 2 is 1.58 bits per heavy atom. The Labute approximate surface area is 199 Å². The molecule has 0 aliphatic heterocycles. The highest BCUT2D eigenvalue weighted by molar-refractivity contribution is 8.03. The third kappa shape index (κ3) is 19.2. The zero-order valence-corrected chi connectivity index (χ0v) is 23.3. The molecule has 180 valence electrons. The van der Waals surface area contributed by atoms with E-state index in [1.165, 1.54) is 48.3 Å². The SMILES string of the molecule is C/C=C(\C)SCC(C)=N/C=C(\C)C(C)(C)C.C=C(C)NC(=C)CC1CCCCC1.CC. The first-order chi connectivity index (χ1) is 14.5. The molecule has 1 N–H and O–H groups in total. The Kier molecular flexibility index (Phi) is 18.9. The summed E-state index contributed by atoms with van der Waals surface area (Å²) in [5.41, 5.74) is 4.85. The highest BCUT2D eigenvalue weighted by Gasteiger charge is 2.14. The summed E-state index contributed by atoms with van der Waals surface area (Å²) in [5.74, 6) is 1.84. The van der Waals surface area contributed by atoms with Crippen molar-refractivity contribution in [3.05, 3.63) is 47.3 Å². The number of allylic oxidation sites excluding steroid dienone is 5. The predicted molar refractivity (Wildman–Crippen MR) is 148 cm³/mol. The lowest BCUT2D eigenvalue weighted by Gasteiger charge is -2.22. The smallest absolute Gasteiger partial charge is 0.0359 e. The van der Waals surface area contributed by atoms with E-state index in [9.17, 15) is 0 Å². The van der Waals surface area contributed by atoms with Crippen LogP contribution in [0.25, 0.3) is 0 Å². The summed E-state index contributed by atoms with van der Waals surface area (Å²) in [7, 11) is 0. The maximum Gasteiger partial charge on any atom is 0.0359 e. The van der Waals surface area contributed by atoms with Crippen molar-refractivity contribution in [2.24, 2.45) is 16.3 Å². The van der Waals surface area contributed by atoms with E-state index in [-0.39, 0.29) is 5.41 Å². The van der Waals surface area contributed by atoms with Crippen LogP contribution in [0, 0.1) is 11.3 Å². The van der Waals surface area contributed by atoms with Gasteiger partial charge < -0.3 is 5.32 Å². The lowest BCUT2D eigenvalue weighted by atomic mass is 9.86. The molecule has 1 rings (SSSR count). The molecule has 0 aromatic heterocycles. The van der Waals surface area contributed by atoms with Crippen molar-refractivity contribution in [2.45, 2.75) is 108 Å². The van der Waals surface area contributed by atoms with Crippen molar-refractivity contribution in [2.75, 3.05) is 5.75 Å². The van der Waals surface area contributed by atoms with E-state index in [4.69, 9.17) is 0 Å². The van der Waals surface area contributed by atoms with Crippen LogP contribution in [-0.4, -0.2) is 11.5 Å². The van der Waals surface area contributed by atoms with Gasteiger partial charge >= 0.3 is 0 Å². The lowest BCUT2D eigenvalue weighted by Crippen LogP contribution is -2.14. The number of thioether (sulfide) groups is 1. The summed E-state index contributed by atoms with van der Waals surface area (Å²) in [6.45, 7) is 28.9. The molecule has 1 aliphatic rings. The fourth-order valence-electron chi connectivity index (χ4n) is 2.83. The minimum atomic E-state index is 0.218. The van der Waals surface area contributed by atoms with Crippen molar-refractivity contribution in [1.82, 2.24) is 5.32 Å². The Balaban J connectivity index is 0. The van der Waals surface area contributed by atoms with Crippen LogP contribution in [0.2, 0.25) is 0 Å². The molecule has 0 aromatic rings. The van der Waals surface area contributed by atoms with Crippen LogP contribution < -0.4 is 5.32 Å². The number of nitrogens with zero attached hydrogens (tertiary/aromatic N) is 1. The first-order valence-electron chi connectivity index (χ1n) is 12.0. The van der Waals surface area contributed by atoms with E-state index in [0.29, 0.717) is 0 Å². The minimum absolute atomic E-state index is 0.218. The van der Waals surface area contributed by atoms with E-state index >= 15 is 0 Å². The van der Waals surface area contributed by atoms with Gasteiger partial charge in [0.05, 0.1) is 0 Å². The van der Waals surface area contributed by atoms with Gasteiger partial charge in [-0.1, -0.05) is 86.0 Å². The predicted octanol–water partition coefficient (Wildman–Crippen LogP) is 9.67. The second-order valence-corrected chi connectivity index (χ2v) is 10.6. The Morgan fingerprint density at radius 3 is 2.03 bits per heavy atom. The summed E-state index contributed by atoms with van der Waals surface area (Å²) in [6, 6.07) is 0. The normalized spacial score (nSPS) is 15.9. The Morgan fingerprint density at radius 1 is 1.03 bits per heavy atom. The van der Waals surface area contributed by atoms with E-state index in [1.807, 2.05) is 38.7 Å². The molecule has 1 fully saturated rings. The summed E-state index contributed by atoms with van der Waals surface area (Å²) >= 11 is 1.84. The molecule has 0 saturated heterocycles. The Bertz CT molecular complexity index is 597. The van der Waals surface area contributed by atoms with Crippen LogP contribution in [0.1, 0.15) is 108 Å². The quantitative estimate of drug-likeness (QED) is 0.374. The number of hydrogen-bond acceptors (Lipinski definition) is 3. The molecule has 0 heterocycles. The topological polar surface area (TPSA) is 24.4 Å². The molecular formula is C28H52N2S. The summed E-state index contributed by atoms with van der Waals surface area (Å²) in [4.78, 5) is 5.86. The number of hydrogen-bond donors (Lipinski definition) is 1. The van der Waals surface area contributed by atoms with Crippen molar-refractivity contribution < 1.29 is 0 Å². The van der Waals surface area contributed by atoms with Crippen molar-refractivity contribution in [3.63, 3.8) is 0 Å². The van der Waals surface area contributed by atoms with Crippen LogP contribution in [-0.2, 0) is 0 Å². The molecule has 0 unspecified atom stereocenters. The first kappa shape index (κ1) is 32.0. The van der Waals surface area contributed by atoms with Gasteiger partial charge in [0, 0.05) is 29.1 Å². The minimum Gasteiger partial charge on any atom is -0.364 e. The molecule has 1 saturated carbocycles. The number of rotatable bonds is 8. The summed E-state index contributed by atoms with van der Waals surface area (Å²) in [6.07, 6.45) is 12.3. The molecule has 0 radical (unpaired) electrons. The van der Waals surface area contributed by atoms with Crippen LogP contribution in [0.3, 0.4) is 0 Å². The highest BCUT2D eigenvalue weighted by atomic mass is 32.2. The maximum atomic E-state index is 4.50. The van der Waals surface area contributed by atoms with E-state index in [2.05, 4.69) is 78.0 Å². The molecule has 0 spiro atoms. The molecule has 0 atom stereocenters. The third-order valence-electron chi connectivity index (χ3n) is 5.23. The van der Waals surface area contributed by atoms with Crippen molar-refractivity contribution >= 4 is 17.5 Å². The standard InChI is InChI=1S/C14H25NS.C12H21N.C2H6/c1-8-13(4)16-10-12(3)15-9-11(2)14(5,6)7;1-10(2)13-11(3)9-12-7-5-4-6-8-12;1-2/h8-9H,10H2,1-7H3;12-13H,1,3-9H2,2H3;1-2H3/b11-9+,13-8+,15-12?;;. The van der Waals surface area contributed by atoms with Crippen LogP contribution in [0.15, 0.2) is 52.3 Å². The van der Waals surface area contributed by atoms with E-state index in [1.54, 1.807) is 0 Å². The van der Waals surface area contributed by atoms with Crippen LogP contribution in [0.4, 0.5) is 0 Å². The average Bonchev–Trinajstić information content (AvgIpc) is 2.71. The van der Waals surface area contributed by atoms with Gasteiger partial charge in [-0.15, -0.1) is 11.8 Å². The highest BCUT2D eigenvalue weighted by Crippen LogP contribution is 2.28. The maximum absolute atomic E-state index is 4.50. The van der Waals surface area contributed by atoms with E-state index < -0.39 is 0 Å². The van der Waals surface area contributed by atoms with Gasteiger partial charge in [-0.25, -0.2) is 0 Å². The monoisotopic (exact) mass is 448 g/mol. The zero-order chi connectivity index (χ0) is 24.4. The van der Waals surface area contributed by atoms with Gasteiger partial charge in [0.15, 0.2) is 0 Å². The van der Waals surface area contributed by atoms with Crippen molar-refractivity contribution in [3.8, 4) is 0 Å². The second kappa shape index (κ2) is 18.4. The molecular weight excluding hydrogens is 396 g/mol. The molecule has 0 aromatic carbocycles. The van der Waals surface area contributed by atoms with Crippen molar-refractivity contribution in [1.29, 1.82) is 0 Å². The number of nitrogens with one attached hydrogen (secondary N) is 1. The molecule has 0 bridgehead atoms. The van der Waals surface area contributed by atoms with Gasteiger partial charge in [-0.3, -0.25) is 4.99 Å². The molecule has 1 aliphatic carbocycles. The van der Waals surface area contributed by atoms with Gasteiger partial charge in [0.2, 0.25) is 0 Å². The van der Waals surface area contributed by atoms with Gasteiger partial charge in [-0.2, -0.15) is 0 Å². The molecule has 2 nitrogen and oxygen atoms in total. The van der Waals surface area contributed by atoms with Crippen LogP contribution in [0.5, 0.6) is 0 Å². The lowest BCUT2D eigenvalue weighted by molar-refractivity contribution is 0.352. The fourth-order valence-corrected chi connectivity index (χ4v) is 3.51. The third-order valence-corrected chi connectivity index (χ3v) is 6.48. The fraction of sp³-hybridized carbons (Fsp3) is 0.679. The zero-order valence-electron chi connectivity index (χ0n) is 22.5. The molecule has 31 heavy (non-hydrogen) atoms. The van der Waals surface area contributed by atoms with Gasteiger partial charge in [-0.05, 0) is 62.9 Å². The second-order valence-electron chi connectivity index (χ2n) is 9.33. The summed E-state index contributed by atoms with van der Waals surface area (Å²) < 4.78 is 0. The van der Waals surface area contributed by atoms with Crippen LogP contribution >= 0.6 is 11.8 Å². The van der Waals surface area contributed by atoms with Gasteiger partial charge in [0.25, 0.3) is 0 Å². The van der Waals surface area contributed by atoms with Gasteiger partial charge in [0.1, 0.15) is 0 Å². The molecule has 0 amide bonds. The molecule has 3 heteroatoms. The van der Waals surface area contributed by atoms with E-state index in [0.717, 1.165) is 29.5 Å². The average molecular weight is 449 g/mol. The summed E-state index contributed by atoms with van der Waals surface area (Å²) in [5, 5.41) is 3.20. The first-order valence-corrected chi connectivity index (χ1v) is 13.0. The largest absolute Gasteiger partial charge is 0.364 e. The number of aliphatic imine (C=N–C) groups is 1. The Hall–Kier alpha value is -1.22.